The maximum atomic E-state index is 11.5. The number of nitrogens with one attached hydrogen (secondary N) is 1. The zero-order valence-corrected chi connectivity index (χ0v) is 12.8. The lowest BCUT2D eigenvalue weighted by molar-refractivity contribution is -0.149. The highest BCUT2D eigenvalue weighted by Gasteiger charge is 2.35. The number of hydrogen-bond acceptors (Lipinski definition) is 2. The van der Waals surface area contributed by atoms with E-state index in [0.29, 0.717) is 25.4 Å². The summed E-state index contributed by atoms with van der Waals surface area (Å²) >= 11 is 6.01. The van der Waals surface area contributed by atoms with Gasteiger partial charge in [0.25, 0.3) is 0 Å². The average molecular weight is 296 g/mol. The predicted molar refractivity (Wildman–Crippen MR) is 81.3 cm³/mol. The first-order chi connectivity index (χ1) is 9.50. The van der Waals surface area contributed by atoms with E-state index < -0.39 is 11.4 Å². The Hall–Kier alpha value is -1.06. The first kappa shape index (κ1) is 15.3. The van der Waals surface area contributed by atoms with Crippen LogP contribution < -0.4 is 5.32 Å². The maximum Gasteiger partial charge on any atom is 0.310 e. The van der Waals surface area contributed by atoms with E-state index in [1.54, 1.807) is 0 Å². The van der Waals surface area contributed by atoms with E-state index in [1.165, 1.54) is 11.1 Å². The van der Waals surface area contributed by atoms with E-state index in [4.69, 9.17) is 11.6 Å². The lowest BCUT2D eigenvalue weighted by Crippen LogP contribution is -2.44. The van der Waals surface area contributed by atoms with Gasteiger partial charge in [-0.05, 0) is 48.9 Å². The van der Waals surface area contributed by atoms with Gasteiger partial charge in [-0.25, -0.2) is 0 Å². The van der Waals surface area contributed by atoms with E-state index in [-0.39, 0.29) is 0 Å². The van der Waals surface area contributed by atoms with Crippen molar-refractivity contribution in [2.45, 2.75) is 45.6 Å². The largest absolute Gasteiger partial charge is 0.481 e. The fourth-order valence-electron chi connectivity index (χ4n) is 2.95. The highest BCUT2D eigenvalue weighted by atomic mass is 35.5. The summed E-state index contributed by atoms with van der Waals surface area (Å²) in [5.74, 6) is -0.700. The van der Waals surface area contributed by atoms with Crippen LogP contribution in [0.15, 0.2) is 18.2 Å². The van der Waals surface area contributed by atoms with E-state index in [2.05, 4.69) is 11.4 Å². The summed E-state index contributed by atoms with van der Waals surface area (Å²) in [5, 5.41) is 13.7. The SMILES string of the molecule is CCC(CC)(CNC1Cc2ccc(Cl)cc2C1)C(=O)O. The molecule has 3 nitrogen and oxygen atoms in total. The molecule has 0 amide bonds. The fraction of sp³-hybridized carbons (Fsp3) is 0.562. The number of halogens is 1. The summed E-state index contributed by atoms with van der Waals surface area (Å²) in [6, 6.07) is 6.33. The Kier molecular flexibility index (Phi) is 4.71. The molecule has 0 heterocycles. The summed E-state index contributed by atoms with van der Waals surface area (Å²) in [6.07, 6.45) is 3.18. The van der Waals surface area contributed by atoms with Crippen LogP contribution in [0, 0.1) is 5.41 Å². The van der Waals surface area contributed by atoms with Gasteiger partial charge >= 0.3 is 5.97 Å². The number of carbonyl (C=O) groups is 1. The zero-order chi connectivity index (χ0) is 14.8. The minimum absolute atomic E-state index is 0.320. The third-order valence-electron chi connectivity index (χ3n) is 4.64. The van der Waals surface area contributed by atoms with E-state index in [0.717, 1.165) is 17.9 Å². The number of rotatable bonds is 6. The summed E-state index contributed by atoms with van der Waals surface area (Å²) < 4.78 is 0. The monoisotopic (exact) mass is 295 g/mol. The Labute approximate surface area is 125 Å². The van der Waals surface area contributed by atoms with Gasteiger partial charge in [0.1, 0.15) is 0 Å². The average Bonchev–Trinajstić information content (AvgIpc) is 2.82. The standard InChI is InChI=1S/C16H22ClNO2/c1-3-16(4-2,15(19)20)10-18-14-8-11-5-6-13(17)7-12(11)9-14/h5-7,14,18H,3-4,8-10H2,1-2H3,(H,19,20). The fourth-order valence-corrected chi connectivity index (χ4v) is 3.14. The summed E-state index contributed by atoms with van der Waals surface area (Å²) in [6.45, 7) is 4.42. The molecular weight excluding hydrogens is 274 g/mol. The molecule has 1 unspecified atom stereocenters. The van der Waals surface area contributed by atoms with Crippen LogP contribution in [0.3, 0.4) is 0 Å². The summed E-state index contributed by atoms with van der Waals surface area (Å²) in [4.78, 5) is 11.5. The van der Waals surface area contributed by atoms with Crippen LogP contribution in [0.4, 0.5) is 0 Å². The highest BCUT2D eigenvalue weighted by Crippen LogP contribution is 2.28. The van der Waals surface area contributed by atoms with Gasteiger partial charge < -0.3 is 10.4 Å². The molecule has 0 aromatic heterocycles. The summed E-state index contributed by atoms with van der Waals surface area (Å²) in [5.41, 5.74) is 1.96. The Bertz CT molecular complexity index is 497. The van der Waals surface area contributed by atoms with Gasteiger partial charge in [-0.2, -0.15) is 0 Å². The lowest BCUT2D eigenvalue weighted by atomic mass is 9.82. The number of fused-ring (bicyclic) bond motifs is 1. The molecular formula is C16H22ClNO2. The molecule has 20 heavy (non-hydrogen) atoms. The van der Waals surface area contributed by atoms with Gasteiger partial charge in [-0.15, -0.1) is 0 Å². The van der Waals surface area contributed by atoms with Crippen LogP contribution >= 0.6 is 11.6 Å². The number of carboxylic acids is 1. The normalized spacial score (nSPS) is 18.1. The number of hydrogen-bond donors (Lipinski definition) is 2. The molecule has 4 heteroatoms. The van der Waals surface area contributed by atoms with Crippen LogP contribution in [-0.2, 0) is 17.6 Å². The van der Waals surface area contributed by atoms with Crippen molar-refractivity contribution < 1.29 is 9.90 Å². The zero-order valence-electron chi connectivity index (χ0n) is 12.1. The van der Waals surface area contributed by atoms with Gasteiger partial charge in [-0.1, -0.05) is 31.5 Å². The summed E-state index contributed by atoms with van der Waals surface area (Å²) in [7, 11) is 0. The molecule has 0 spiro atoms. The Balaban J connectivity index is 1.98. The molecule has 0 saturated carbocycles. The van der Waals surface area contributed by atoms with Gasteiger partial charge in [0.15, 0.2) is 0 Å². The molecule has 2 rings (SSSR count). The minimum atomic E-state index is -0.700. The van der Waals surface area contributed by atoms with Crippen molar-refractivity contribution in [3.8, 4) is 0 Å². The molecule has 0 aliphatic heterocycles. The number of benzene rings is 1. The maximum absolute atomic E-state index is 11.5. The first-order valence-corrected chi connectivity index (χ1v) is 7.62. The van der Waals surface area contributed by atoms with Crippen LogP contribution in [-0.4, -0.2) is 23.7 Å². The molecule has 1 aliphatic carbocycles. The molecule has 1 aromatic carbocycles. The molecule has 110 valence electrons. The van der Waals surface area contributed by atoms with Gasteiger partial charge in [0, 0.05) is 17.6 Å². The topological polar surface area (TPSA) is 49.3 Å². The molecule has 0 saturated heterocycles. The Morgan fingerprint density at radius 1 is 1.35 bits per heavy atom. The van der Waals surface area contributed by atoms with Crippen molar-refractivity contribution in [1.82, 2.24) is 5.32 Å². The Morgan fingerprint density at radius 3 is 2.60 bits per heavy atom. The van der Waals surface area contributed by atoms with E-state index in [1.807, 2.05) is 26.0 Å². The van der Waals surface area contributed by atoms with Gasteiger partial charge in [0.2, 0.25) is 0 Å². The number of aliphatic carboxylic acids is 1. The van der Waals surface area contributed by atoms with Gasteiger partial charge in [0.05, 0.1) is 5.41 Å². The highest BCUT2D eigenvalue weighted by molar-refractivity contribution is 6.30. The van der Waals surface area contributed by atoms with Crippen molar-refractivity contribution in [2.24, 2.45) is 5.41 Å². The van der Waals surface area contributed by atoms with E-state index in [9.17, 15) is 9.90 Å². The van der Waals surface area contributed by atoms with Crippen molar-refractivity contribution >= 4 is 17.6 Å². The molecule has 0 fully saturated rings. The van der Waals surface area contributed by atoms with Crippen LogP contribution in [0.2, 0.25) is 5.02 Å². The van der Waals surface area contributed by atoms with Gasteiger partial charge in [-0.3, -0.25) is 4.79 Å². The van der Waals surface area contributed by atoms with Crippen molar-refractivity contribution in [3.05, 3.63) is 34.3 Å². The second kappa shape index (κ2) is 6.15. The predicted octanol–water partition coefficient (Wildman–Crippen LogP) is 3.29. The number of carboxylic acid groups (broad SMARTS) is 1. The molecule has 0 bridgehead atoms. The smallest absolute Gasteiger partial charge is 0.310 e. The third kappa shape index (κ3) is 2.99. The molecule has 2 N–H and O–H groups in total. The quantitative estimate of drug-likeness (QED) is 0.847. The molecule has 0 radical (unpaired) electrons. The Morgan fingerprint density at radius 2 is 2.00 bits per heavy atom. The minimum Gasteiger partial charge on any atom is -0.481 e. The second-order valence-corrected chi connectivity index (χ2v) is 6.13. The van der Waals surface area contributed by atoms with Crippen molar-refractivity contribution in [2.75, 3.05) is 6.54 Å². The van der Waals surface area contributed by atoms with Crippen molar-refractivity contribution in [3.63, 3.8) is 0 Å². The van der Waals surface area contributed by atoms with Crippen molar-refractivity contribution in [1.29, 1.82) is 0 Å². The lowest BCUT2D eigenvalue weighted by Gasteiger charge is -2.28. The van der Waals surface area contributed by atoms with Crippen LogP contribution in [0.25, 0.3) is 0 Å². The third-order valence-corrected chi connectivity index (χ3v) is 4.87. The van der Waals surface area contributed by atoms with Crippen LogP contribution in [0.5, 0.6) is 0 Å². The van der Waals surface area contributed by atoms with E-state index >= 15 is 0 Å². The molecule has 1 aliphatic rings. The molecule has 1 atom stereocenters. The van der Waals surface area contributed by atoms with Crippen LogP contribution in [0.1, 0.15) is 37.8 Å². The first-order valence-electron chi connectivity index (χ1n) is 7.25. The second-order valence-electron chi connectivity index (χ2n) is 5.69. The molecule has 1 aromatic rings.